The number of thiol groups is 1. The van der Waals surface area contributed by atoms with Gasteiger partial charge < -0.3 is 30.2 Å². The number of carbonyl (C=O) groups is 3. The molecule has 2 amide bonds. The number of nitrogens with one attached hydrogen (secondary N) is 2. The van der Waals surface area contributed by atoms with Gasteiger partial charge in [0, 0.05) is 35.1 Å². The average Bonchev–Trinajstić information content (AvgIpc) is 3.52. The molecule has 252 valence electrons. The van der Waals surface area contributed by atoms with Crippen molar-refractivity contribution in [2.75, 3.05) is 43.7 Å². The highest BCUT2D eigenvalue weighted by molar-refractivity contribution is 7.72. The number of ether oxygens (including phenoxy) is 3. The van der Waals surface area contributed by atoms with Crippen molar-refractivity contribution in [1.29, 1.82) is 0 Å². The van der Waals surface area contributed by atoms with Crippen molar-refractivity contribution in [3.05, 3.63) is 83.8 Å². The molecule has 15 heteroatoms. The first kappa shape index (κ1) is 33.9. The number of nitrogens with two attached hydrogens (primary N) is 1. The Bertz CT molecular complexity index is 1950. The maximum atomic E-state index is 15.7. The topological polar surface area (TPSA) is 179 Å². The van der Waals surface area contributed by atoms with Gasteiger partial charge in [0.2, 0.25) is 5.91 Å². The normalized spacial score (nSPS) is 16.4. The molecule has 0 saturated carbocycles. The van der Waals surface area contributed by atoms with Crippen molar-refractivity contribution in [1.82, 2.24) is 9.88 Å². The Labute approximate surface area is 277 Å². The lowest BCUT2D eigenvalue weighted by atomic mass is 9.92. The van der Waals surface area contributed by atoms with Crippen molar-refractivity contribution in [3.63, 3.8) is 0 Å². The highest BCUT2D eigenvalue weighted by Crippen LogP contribution is 2.43. The van der Waals surface area contributed by atoms with Crippen LogP contribution in [-0.2, 0) is 29.8 Å². The Balaban J connectivity index is 1.65. The molecule has 1 aliphatic heterocycles. The number of anilines is 3. The SMILES string of the molecule is CCOc1ccc(F)c([C@@H](Nc2ccc3c(N)nccc3c2)C(=O)N2CC[C@H](C(=O)OC)[C@@H]2c2cc(NC(=O)OC)ccc2[SH](=O)=O)c1. The number of amides is 2. The summed E-state index contributed by atoms with van der Waals surface area (Å²) in [5, 5.41) is 7.02. The van der Waals surface area contributed by atoms with Crippen LogP contribution in [-0.4, -0.2) is 63.6 Å². The minimum absolute atomic E-state index is 0.00211. The van der Waals surface area contributed by atoms with E-state index in [1.54, 1.807) is 37.4 Å². The van der Waals surface area contributed by atoms with Gasteiger partial charge in [-0.3, -0.25) is 14.9 Å². The number of nitrogen functional groups attached to an aromatic ring is 1. The summed E-state index contributed by atoms with van der Waals surface area (Å²) in [4.78, 5) is 45.1. The van der Waals surface area contributed by atoms with E-state index in [1.165, 1.54) is 48.4 Å². The molecule has 0 spiro atoms. The molecule has 4 aromatic rings. The van der Waals surface area contributed by atoms with Crippen LogP contribution in [0.4, 0.5) is 26.4 Å². The molecule has 1 saturated heterocycles. The van der Waals surface area contributed by atoms with Gasteiger partial charge in [0.25, 0.3) is 0 Å². The predicted molar refractivity (Wildman–Crippen MR) is 176 cm³/mol. The summed E-state index contributed by atoms with van der Waals surface area (Å²) in [5.41, 5.74) is 6.66. The summed E-state index contributed by atoms with van der Waals surface area (Å²) in [6.45, 7) is 2.05. The van der Waals surface area contributed by atoms with Gasteiger partial charge in [-0.1, -0.05) is 0 Å². The molecule has 5 rings (SSSR count). The quantitative estimate of drug-likeness (QED) is 0.138. The van der Waals surface area contributed by atoms with E-state index in [0.29, 0.717) is 34.6 Å². The van der Waals surface area contributed by atoms with E-state index in [-0.39, 0.29) is 34.7 Å². The number of nitrogens with zero attached hydrogens (tertiary/aromatic N) is 2. The number of halogens is 1. The number of likely N-dealkylation sites (tertiary alicyclic amines) is 1. The van der Waals surface area contributed by atoms with Crippen molar-refractivity contribution in [3.8, 4) is 5.75 Å². The number of carbonyl (C=O) groups excluding carboxylic acids is 3. The summed E-state index contributed by atoms with van der Waals surface area (Å²) < 4.78 is 56.0. The number of fused-ring (bicyclic) bond motifs is 1. The van der Waals surface area contributed by atoms with E-state index in [9.17, 15) is 22.8 Å². The molecule has 1 fully saturated rings. The van der Waals surface area contributed by atoms with Crippen LogP contribution in [0, 0.1) is 11.7 Å². The molecule has 3 aromatic carbocycles. The number of pyridine rings is 1. The van der Waals surface area contributed by atoms with Gasteiger partial charge in [0.05, 0.1) is 37.7 Å². The van der Waals surface area contributed by atoms with Gasteiger partial charge in [-0.15, -0.1) is 0 Å². The fourth-order valence-electron chi connectivity index (χ4n) is 5.92. The van der Waals surface area contributed by atoms with Crippen molar-refractivity contribution in [2.24, 2.45) is 5.92 Å². The first-order valence-corrected chi connectivity index (χ1v) is 16.1. The molecule has 2 heterocycles. The van der Waals surface area contributed by atoms with E-state index in [1.807, 2.05) is 0 Å². The lowest BCUT2D eigenvalue weighted by molar-refractivity contribution is -0.147. The molecule has 0 unspecified atom stereocenters. The monoisotopic (exact) mass is 679 g/mol. The average molecular weight is 680 g/mol. The van der Waals surface area contributed by atoms with Gasteiger partial charge in [0.15, 0.2) is 10.7 Å². The Morgan fingerprint density at radius 1 is 1.04 bits per heavy atom. The molecule has 1 aliphatic rings. The van der Waals surface area contributed by atoms with Gasteiger partial charge in [-0.25, -0.2) is 22.6 Å². The number of hydrogen-bond acceptors (Lipinski definition) is 11. The minimum Gasteiger partial charge on any atom is -0.494 e. The van der Waals surface area contributed by atoms with Crippen molar-refractivity contribution >= 4 is 56.6 Å². The van der Waals surface area contributed by atoms with Crippen LogP contribution in [0.25, 0.3) is 10.8 Å². The maximum Gasteiger partial charge on any atom is 0.411 e. The number of esters is 1. The number of hydrogen-bond donors (Lipinski definition) is 4. The second kappa shape index (κ2) is 14.5. The summed E-state index contributed by atoms with van der Waals surface area (Å²) in [6.07, 6.45) is 0.841. The fourth-order valence-corrected chi connectivity index (χ4v) is 6.53. The number of methoxy groups -OCH3 is 2. The van der Waals surface area contributed by atoms with E-state index >= 15 is 4.39 Å². The molecular weight excluding hydrogens is 645 g/mol. The summed E-state index contributed by atoms with van der Waals surface area (Å²) in [7, 11) is -0.869. The number of benzene rings is 3. The molecule has 0 radical (unpaired) electrons. The lowest BCUT2D eigenvalue weighted by Crippen LogP contribution is -2.40. The Morgan fingerprint density at radius 2 is 1.81 bits per heavy atom. The highest BCUT2D eigenvalue weighted by atomic mass is 32.2. The highest BCUT2D eigenvalue weighted by Gasteiger charge is 2.46. The van der Waals surface area contributed by atoms with Crippen LogP contribution in [0.5, 0.6) is 5.75 Å². The van der Waals surface area contributed by atoms with Gasteiger partial charge in [0.1, 0.15) is 23.4 Å². The summed E-state index contributed by atoms with van der Waals surface area (Å²) in [6, 6.07) is 12.4. The van der Waals surface area contributed by atoms with Gasteiger partial charge in [-0.05, 0) is 85.0 Å². The van der Waals surface area contributed by atoms with Gasteiger partial charge in [-0.2, -0.15) is 0 Å². The molecule has 0 aliphatic carbocycles. The Hall–Kier alpha value is -5.44. The van der Waals surface area contributed by atoms with Crippen LogP contribution in [0.15, 0.2) is 71.8 Å². The fraction of sp³-hybridized carbons (Fsp3) is 0.273. The van der Waals surface area contributed by atoms with E-state index in [4.69, 9.17) is 15.2 Å². The van der Waals surface area contributed by atoms with E-state index in [0.717, 1.165) is 7.11 Å². The van der Waals surface area contributed by atoms with Crippen molar-refractivity contribution < 1.29 is 41.4 Å². The standard InChI is InChI=1S/C33H34FN5O8S/c1-4-47-21-7-9-26(34)24(17-21)28(37-19-5-8-22-18(15-19)11-13-36-30(22)35)31(40)39-14-12-23(32(41)45-2)29(39)25-16-20(38-33(42)46-3)6-10-27(25)48(43)44/h5-11,13,15-17,23,28-29,37,48H,4,12,14H2,1-3H3,(H2,35,36)(H,38,42)/t23-,28+,29+/m0/s1. The van der Waals surface area contributed by atoms with Crippen LogP contribution in [0.3, 0.4) is 0 Å². The predicted octanol–water partition coefficient (Wildman–Crippen LogP) is 4.42. The third-order valence-electron chi connectivity index (χ3n) is 8.10. The largest absolute Gasteiger partial charge is 0.494 e. The molecule has 0 bridgehead atoms. The van der Waals surface area contributed by atoms with Crippen LogP contribution >= 0.6 is 0 Å². The molecule has 13 nitrogen and oxygen atoms in total. The number of aromatic nitrogens is 1. The second-order valence-corrected chi connectivity index (χ2v) is 11.9. The first-order valence-electron chi connectivity index (χ1n) is 14.9. The third kappa shape index (κ3) is 6.95. The maximum absolute atomic E-state index is 15.7. The lowest BCUT2D eigenvalue weighted by Gasteiger charge is -2.32. The molecule has 48 heavy (non-hydrogen) atoms. The van der Waals surface area contributed by atoms with Crippen molar-refractivity contribution in [2.45, 2.75) is 30.3 Å². The Morgan fingerprint density at radius 3 is 2.52 bits per heavy atom. The first-order chi connectivity index (χ1) is 23.1. The van der Waals surface area contributed by atoms with Crippen LogP contribution in [0.2, 0.25) is 0 Å². The van der Waals surface area contributed by atoms with Crippen LogP contribution in [0.1, 0.15) is 36.6 Å². The molecule has 4 N–H and O–H groups in total. The van der Waals surface area contributed by atoms with E-state index < -0.39 is 52.5 Å². The number of rotatable bonds is 10. The molecular formula is C33H34FN5O8S. The second-order valence-electron chi connectivity index (χ2n) is 10.9. The minimum atomic E-state index is -3.22. The van der Waals surface area contributed by atoms with Crippen LogP contribution < -0.4 is 21.1 Å². The zero-order valence-electron chi connectivity index (χ0n) is 26.3. The summed E-state index contributed by atoms with van der Waals surface area (Å²) in [5.74, 6) is -2.39. The zero-order chi connectivity index (χ0) is 34.5. The molecule has 1 aromatic heterocycles. The summed E-state index contributed by atoms with van der Waals surface area (Å²) >= 11 is 0. The Kier molecular flexibility index (Phi) is 10.3. The zero-order valence-corrected chi connectivity index (χ0v) is 27.2. The molecule has 3 atom stereocenters. The smallest absolute Gasteiger partial charge is 0.411 e. The third-order valence-corrected chi connectivity index (χ3v) is 8.90. The van der Waals surface area contributed by atoms with E-state index in [2.05, 4.69) is 20.4 Å². The van der Waals surface area contributed by atoms with Gasteiger partial charge >= 0.3 is 12.1 Å².